The van der Waals surface area contributed by atoms with Gasteiger partial charge in [0.25, 0.3) is 11.8 Å². The predicted octanol–water partition coefficient (Wildman–Crippen LogP) is 4.88. The third-order valence-corrected chi connectivity index (χ3v) is 4.86. The standard InChI is InChI=1S/C23H16ClFN2O3/c1-30-19-10-8-14(9-11-19)20-21(26-17-6-3-5-16(25)13-17)23(29)27(22(20)28)18-7-2-4-15(24)12-18/h2-13,26H,1H3. The van der Waals surface area contributed by atoms with Crippen molar-refractivity contribution in [1.82, 2.24) is 0 Å². The Labute approximate surface area is 177 Å². The monoisotopic (exact) mass is 422 g/mol. The van der Waals surface area contributed by atoms with E-state index in [4.69, 9.17) is 16.3 Å². The van der Waals surface area contributed by atoms with E-state index < -0.39 is 17.6 Å². The molecule has 150 valence electrons. The largest absolute Gasteiger partial charge is 0.497 e. The SMILES string of the molecule is COc1ccc(C2=C(Nc3cccc(F)c3)C(=O)N(c3cccc(Cl)c3)C2=O)cc1. The second-order valence-electron chi connectivity index (χ2n) is 6.54. The van der Waals surface area contributed by atoms with E-state index >= 15 is 0 Å². The van der Waals surface area contributed by atoms with E-state index in [1.54, 1.807) is 48.5 Å². The van der Waals surface area contributed by atoms with Crippen LogP contribution < -0.4 is 15.0 Å². The first-order valence-corrected chi connectivity index (χ1v) is 9.41. The molecule has 0 bridgehead atoms. The maximum Gasteiger partial charge on any atom is 0.282 e. The second kappa shape index (κ2) is 8.00. The number of carbonyl (C=O) groups is 2. The smallest absolute Gasteiger partial charge is 0.282 e. The number of ether oxygens (including phenoxy) is 1. The van der Waals surface area contributed by atoms with Crippen LogP contribution in [0.2, 0.25) is 5.02 Å². The van der Waals surface area contributed by atoms with Gasteiger partial charge in [-0.1, -0.05) is 35.9 Å². The molecule has 0 spiro atoms. The van der Waals surface area contributed by atoms with E-state index in [2.05, 4.69) is 5.32 Å². The Morgan fingerprint density at radius 3 is 2.33 bits per heavy atom. The molecule has 0 fully saturated rings. The number of methoxy groups -OCH3 is 1. The Balaban J connectivity index is 1.82. The molecule has 3 aromatic carbocycles. The highest BCUT2D eigenvalue weighted by atomic mass is 35.5. The number of carbonyl (C=O) groups excluding carboxylic acids is 2. The van der Waals surface area contributed by atoms with Gasteiger partial charge in [-0.05, 0) is 54.1 Å². The van der Waals surface area contributed by atoms with E-state index in [-0.39, 0.29) is 11.3 Å². The summed E-state index contributed by atoms with van der Waals surface area (Å²) >= 11 is 6.05. The van der Waals surface area contributed by atoms with Gasteiger partial charge in [-0.3, -0.25) is 9.59 Å². The average Bonchev–Trinajstić information content (AvgIpc) is 2.97. The Hall–Kier alpha value is -3.64. The summed E-state index contributed by atoms with van der Waals surface area (Å²) in [6.45, 7) is 0. The van der Waals surface area contributed by atoms with Crippen LogP contribution in [0.15, 0.2) is 78.5 Å². The van der Waals surface area contributed by atoms with Crippen molar-refractivity contribution in [3.8, 4) is 5.75 Å². The molecule has 1 N–H and O–H groups in total. The van der Waals surface area contributed by atoms with Crippen LogP contribution >= 0.6 is 11.6 Å². The van der Waals surface area contributed by atoms with Crippen LogP contribution in [0.4, 0.5) is 15.8 Å². The number of imide groups is 1. The summed E-state index contributed by atoms with van der Waals surface area (Å²) in [5.41, 5.74) is 1.45. The third-order valence-electron chi connectivity index (χ3n) is 4.62. The average molecular weight is 423 g/mol. The molecule has 0 atom stereocenters. The van der Waals surface area contributed by atoms with Crippen LogP contribution in [-0.4, -0.2) is 18.9 Å². The van der Waals surface area contributed by atoms with E-state index in [1.807, 2.05) is 0 Å². The van der Waals surface area contributed by atoms with Gasteiger partial charge in [-0.15, -0.1) is 0 Å². The minimum Gasteiger partial charge on any atom is -0.497 e. The van der Waals surface area contributed by atoms with Gasteiger partial charge in [-0.2, -0.15) is 0 Å². The van der Waals surface area contributed by atoms with Gasteiger partial charge in [0.15, 0.2) is 0 Å². The molecule has 3 aromatic rings. The summed E-state index contributed by atoms with van der Waals surface area (Å²) in [4.78, 5) is 27.6. The first-order chi connectivity index (χ1) is 14.5. The minimum absolute atomic E-state index is 0.0516. The molecule has 30 heavy (non-hydrogen) atoms. The molecule has 1 aliphatic rings. The lowest BCUT2D eigenvalue weighted by Gasteiger charge is -2.15. The molecule has 0 unspecified atom stereocenters. The van der Waals surface area contributed by atoms with Crippen molar-refractivity contribution in [3.05, 3.63) is 94.9 Å². The molecule has 0 aliphatic carbocycles. The van der Waals surface area contributed by atoms with Crippen LogP contribution in [0.3, 0.4) is 0 Å². The van der Waals surface area contributed by atoms with Gasteiger partial charge in [-0.25, -0.2) is 9.29 Å². The molecule has 1 heterocycles. The first-order valence-electron chi connectivity index (χ1n) is 9.03. The second-order valence-corrected chi connectivity index (χ2v) is 6.98. The molecular formula is C23H16ClFN2O3. The van der Waals surface area contributed by atoms with Gasteiger partial charge in [0.2, 0.25) is 0 Å². The number of anilines is 2. The molecule has 0 radical (unpaired) electrons. The Morgan fingerprint density at radius 2 is 1.67 bits per heavy atom. The van der Waals surface area contributed by atoms with E-state index in [1.165, 1.54) is 31.4 Å². The van der Waals surface area contributed by atoms with Gasteiger partial charge in [0.05, 0.1) is 18.4 Å². The van der Waals surface area contributed by atoms with Crippen molar-refractivity contribution in [2.24, 2.45) is 0 Å². The van der Waals surface area contributed by atoms with Crippen molar-refractivity contribution in [2.75, 3.05) is 17.3 Å². The van der Waals surface area contributed by atoms with Crippen LogP contribution in [0.1, 0.15) is 5.56 Å². The Kier molecular flexibility index (Phi) is 5.25. The minimum atomic E-state index is -0.558. The van der Waals surface area contributed by atoms with Gasteiger partial charge >= 0.3 is 0 Å². The molecule has 0 saturated heterocycles. The molecular weight excluding hydrogens is 407 g/mol. The van der Waals surface area contributed by atoms with E-state index in [9.17, 15) is 14.0 Å². The lowest BCUT2D eigenvalue weighted by molar-refractivity contribution is -0.120. The molecule has 0 saturated carbocycles. The predicted molar refractivity (Wildman–Crippen MR) is 114 cm³/mol. The highest BCUT2D eigenvalue weighted by Gasteiger charge is 2.40. The Morgan fingerprint density at radius 1 is 0.933 bits per heavy atom. The topological polar surface area (TPSA) is 58.6 Å². The highest BCUT2D eigenvalue weighted by molar-refractivity contribution is 6.46. The van der Waals surface area contributed by atoms with Crippen molar-refractivity contribution < 1.29 is 18.7 Å². The molecule has 4 rings (SSSR count). The van der Waals surface area contributed by atoms with Crippen molar-refractivity contribution in [3.63, 3.8) is 0 Å². The molecule has 2 amide bonds. The van der Waals surface area contributed by atoms with Crippen LogP contribution in [-0.2, 0) is 9.59 Å². The lowest BCUT2D eigenvalue weighted by Crippen LogP contribution is -2.32. The molecule has 7 heteroatoms. The van der Waals surface area contributed by atoms with Crippen LogP contribution in [0.25, 0.3) is 5.57 Å². The first kappa shape index (κ1) is 19.7. The molecule has 0 aromatic heterocycles. The number of nitrogens with zero attached hydrogens (tertiary/aromatic N) is 1. The summed E-state index contributed by atoms with van der Waals surface area (Å²) in [5, 5.41) is 3.31. The fraction of sp³-hybridized carbons (Fsp3) is 0.0435. The van der Waals surface area contributed by atoms with E-state index in [0.717, 1.165) is 4.90 Å². The Bertz CT molecular complexity index is 1180. The zero-order valence-electron chi connectivity index (χ0n) is 15.9. The maximum atomic E-state index is 13.7. The number of halogens is 2. The fourth-order valence-electron chi connectivity index (χ4n) is 3.23. The number of rotatable bonds is 5. The van der Waals surface area contributed by atoms with Gasteiger partial charge in [0, 0.05) is 10.7 Å². The third kappa shape index (κ3) is 3.65. The number of hydrogen-bond donors (Lipinski definition) is 1. The zero-order chi connectivity index (χ0) is 21.3. The number of nitrogens with one attached hydrogen (secondary N) is 1. The van der Waals surface area contributed by atoms with E-state index in [0.29, 0.717) is 27.7 Å². The summed E-state index contributed by atoms with van der Waals surface area (Å²) in [7, 11) is 1.54. The zero-order valence-corrected chi connectivity index (χ0v) is 16.6. The summed E-state index contributed by atoms with van der Waals surface area (Å²) in [5.74, 6) is -0.916. The number of amides is 2. The molecule has 5 nitrogen and oxygen atoms in total. The summed E-state index contributed by atoms with van der Waals surface area (Å²) in [6, 6.07) is 18.9. The van der Waals surface area contributed by atoms with Gasteiger partial charge in [0.1, 0.15) is 17.3 Å². The number of hydrogen-bond acceptors (Lipinski definition) is 4. The van der Waals surface area contributed by atoms with Crippen LogP contribution in [0.5, 0.6) is 5.75 Å². The van der Waals surface area contributed by atoms with Crippen molar-refractivity contribution in [1.29, 1.82) is 0 Å². The number of benzene rings is 3. The van der Waals surface area contributed by atoms with Crippen molar-refractivity contribution >= 4 is 40.4 Å². The quantitative estimate of drug-likeness (QED) is 0.595. The highest BCUT2D eigenvalue weighted by Crippen LogP contribution is 2.35. The van der Waals surface area contributed by atoms with Crippen LogP contribution in [0, 0.1) is 5.82 Å². The van der Waals surface area contributed by atoms with Crippen molar-refractivity contribution in [2.45, 2.75) is 0 Å². The molecule has 1 aliphatic heterocycles. The fourth-order valence-corrected chi connectivity index (χ4v) is 3.42. The summed E-state index contributed by atoms with van der Waals surface area (Å²) < 4.78 is 18.8. The summed E-state index contributed by atoms with van der Waals surface area (Å²) in [6.07, 6.45) is 0. The maximum absolute atomic E-state index is 13.7. The lowest BCUT2D eigenvalue weighted by atomic mass is 10.0. The normalized spacial score (nSPS) is 13.8. The van der Waals surface area contributed by atoms with Gasteiger partial charge < -0.3 is 10.1 Å².